The molecule has 0 unspecified atom stereocenters. The van der Waals surface area contributed by atoms with Crippen LogP contribution in [0.1, 0.15) is 136 Å². The summed E-state index contributed by atoms with van der Waals surface area (Å²) in [6.07, 6.45) is 3.30. The molecule has 0 atom stereocenters. The molecule has 6 rings (SSSR count). The number of rotatable bonds is 9. The molecule has 4 aliphatic rings. The van der Waals surface area contributed by atoms with Crippen LogP contribution >= 0.6 is 0 Å². The number of carbonyl (C=O) groups excluding carboxylic acids is 3. The summed E-state index contributed by atoms with van der Waals surface area (Å²) in [5, 5.41) is 0. The van der Waals surface area contributed by atoms with Crippen molar-refractivity contribution < 1.29 is 43.8 Å². The Bertz CT molecular complexity index is 2590. The lowest BCUT2D eigenvalue weighted by Gasteiger charge is -2.44. The summed E-state index contributed by atoms with van der Waals surface area (Å²) in [4.78, 5) is 39.9. The number of sulfonamides is 2. The first-order valence-electron chi connectivity index (χ1n) is 21.8. The van der Waals surface area contributed by atoms with E-state index in [1.807, 2.05) is 52.0 Å². The van der Waals surface area contributed by atoms with Crippen molar-refractivity contribution in [2.24, 2.45) is 10.8 Å². The van der Waals surface area contributed by atoms with Gasteiger partial charge in [-0.15, -0.1) is 11.8 Å². The third-order valence-corrected chi connectivity index (χ3v) is 18.2. The summed E-state index contributed by atoms with van der Waals surface area (Å²) in [5.41, 5.74) is 6.15. The zero-order valence-electron chi connectivity index (χ0n) is 38.2. The maximum Gasteiger partial charge on any atom is 0.308 e. The van der Waals surface area contributed by atoms with Gasteiger partial charge in [-0.25, -0.2) is 25.4 Å². The third kappa shape index (κ3) is 11.1. The Morgan fingerprint density at radius 3 is 1.38 bits per heavy atom. The third-order valence-electron chi connectivity index (χ3n) is 13.2. The first kappa shape index (κ1) is 49.9. The number of hydrogen-bond donors (Lipinski definition) is 0. The predicted octanol–water partition coefficient (Wildman–Crippen LogP) is 6.67. The van der Waals surface area contributed by atoms with Crippen LogP contribution in [0.4, 0.5) is 0 Å². The summed E-state index contributed by atoms with van der Waals surface area (Å²) >= 11 is 0. The molecular formula is C48H62N2O10S3. The summed E-state index contributed by atoms with van der Waals surface area (Å²) in [5.74, 6) is 10.9. The van der Waals surface area contributed by atoms with Gasteiger partial charge in [-0.05, 0) is 156 Å². The van der Waals surface area contributed by atoms with Gasteiger partial charge in [0, 0.05) is 63.0 Å². The number of aryl methyl sites for hydroxylation is 4. The predicted molar refractivity (Wildman–Crippen MR) is 246 cm³/mol. The Morgan fingerprint density at radius 1 is 0.603 bits per heavy atom. The van der Waals surface area contributed by atoms with E-state index in [1.165, 1.54) is 15.5 Å². The average Bonchev–Trinajstić information content (AvgIpc) is 3.20. The van der Waals surface area contributed by atoms with E-state index in [1.54, 1.807) is 27.7 Å². The molecule has 0 radical (unpaired) electrons. The van der Waals surface area contributed by atoms with E-state index in [4.69, 9.17) is 4.18 Å². The second kappa shape index (κ2) is 19.5. The first-order chi connectivity index (χ1) is 29.5. The van der Waals surface area contributed by atoms with Crippen LogP contribution in [0.3, 0.4) is 0 Å². The molecule has 0 N–H and O–H groups in total. The Hall–Kier alpha value is -4.12. The molecular weight excluding hydrogens is 861 g/mol. The molecule has 342 valence electrons. The minimum Gasteiger partial charge on any atom is -0.386 e. The number of piperidine rings is 2. The van der Waals surface area contributed by atoms with Gasteiger partial charge >= 0.3 is 10.1 Å². The van der Waals surface area contributed by atoms with Crippen LogP contribution in [-0.2, 0) is 48.7 Å². The van der Waals surface area contributed by atoms with Crippen molar-refractivity contribution in [2.75, 3.05) is 43.4 Å². The van der Waals surface area contributed by atoms with E-state index in [0.717, 1.165) is 38.9 Å². The maximum atomic E-state index is 13.6. The molecule has 2 spiro atoms. The molecule has 0 amide bonds. The van der Waals surface area contributed by atoms with Crippen molar-refractivity contribution in [1.29, 1.82) is 0 Å². The molecule has 2 aliphatic heterocycles. The van der Waals surface area contributed by atoms with Crippen molar-refractivity contribution in [3.63, 3.8) is 0 Å². The number of allylic oxidation sites excluding steroid dienone is 2. The van der Waals surface area contributed by atoms with Crippen molar-refractivity contribution >= 4 is 53.1 Å². The molecule has 0 aromatic heterocycles. The number of hydrogen-bond acceptors (Lipinski definition) is 10. The van der Waals surface area contributed by atoms with E-state index in [2.05, 4.69) is 23.7 Å². The van der Waals surface area contributed by atoms with Gasteiger partial charge in [0.1, 0.15) is 23.2 Å². The van der Waals surface area contributed by atoms with E-state index >= 15 is 0 Å². The van der Waals surface area contributed by atoms with Crippen LogP contribution in [0.2, 0.25) is 0 Å². The molecule has 1 saturated carbocycles. The molecule has 2 saturated heterocycles. The largest absolute Gasteiger partial charge is 0.386 e. The molecule has 15 heteroatoms. The Kier molecular flexibility index (Phi) is 15.5. The van der Waals surface area contributed by atoms with Gasteiger partial charge in [0.2, 0.25) is 20.0 Å². The smallest absolute Gasteiger partial charge is 0.308 e. The van der Waals surface area contributed by atoms with Crippen LogP contribution < -0.4 is 0 Å². The maximum absolute atomic E-state index is 13.6. The topological polar surface area (TPSA) is 169 Å². The highest BCUT2D eigenvalue weighted by Crippen LogP contribution is 2.50. The first-order valence-corrected chi connectivity index (χ1v) is 26.6. The fourth-order valence-corrected chi connectivity index (χ4v) is 12.7. The molecule has 2 aromatic rings. The fourth-order valence-electron chi connectivity index (χ4n) is 9.92. The zero-order chi connectivity index (χ0) is 46.7. The number of benzene rings is 2. The van der Waals surface area contributed by atoms with E-state index in [-0.39, 0.29) is 58.6 Å². The van der Waals surface area contributed by atoms with Gasteiger partial charge in [-0.2, -0.15) is 8.42 Å². The number of ketones is 3. The SMILES string of the molecule is CC#Cc1cc(C)c(C2=C(OS(=O)(=O)CC)CC3(CCN(S(=O)(=O)CC)CC3)CC2=O)c(C)c1.CC#Cc1cc(C)c(C2C(=O)CC3(CCN(S(=O)(=O)CC)CC3)CC2=O)c(C)c1. The molecule has 63 heavy (non-hydrogen) atoms. The second-order valence-electron chi connectivity index (χ2n) is 17.6. The Balaban J connectivity index is 0.000000240. The minimum atomic E-state index is -3.86. The van der Waals surface area contributed by atoms with Crippen molar-refractivity contribution in [3.05, 3.63) is 74.5 Å². The highest BCUT2D eigenvalue weighted by molar-refractivity contribution is 7.89. The molecule has 0 bridgehead atoms. The number of Topliss-reactive ketones (excluding diaryl/α,β-unsaturated/α-hetero) is 3. The van der Waals surface area contributed by atoms with Gasteiger partial charge in [0.15, 0.2) is 5.78 Å². The lowest BCUT2D eigenvalue weighted by Crippen LogP contribution is -2.48. The Labute approximate surface area is 375 Å². The molecule has 2 heterocycles. The van der Waals surface area contributed by atoms with E-state index in [0.29, 0.717) is 75.8 Å². The van der Waals surface area contributed by atoms with Crippen LogP contribution in [0.5, 0.6) is 0 Å². The fraction of sp³-hybridized carbons (Fsp3) is 0.562. The van der Waals surface area contributed by atoms with Crippen LogP contribution in [0.25, 0.3) is 5.57 Å². The van der Waals surface area contributed by atoms with Crippen LogP contribution in [-0.4, -0.2) is 94.7 Å². The van der Waals surface area contributed by atoms with Gasteiger partial charge in [0.05, 0.1) is 22.8 Å². The summed E-state index contributed by atoms with van der Waals surface area (Å²) in [6, 6.07) is 7.67. The highest BCUT2D eigenvalue weighted by Gasteiger charge is 2.49. The zero-order valence-corrected chi connectivity index (χ0v) is 40.6. The lowest BCUT2D eigenvalue weighted by atomic mass is 9.63. The molecule has 2 aliphatic carbocycles. The normalized spacial score (nSPS) is 19.8. The lowest BCUT2D eigenvalue weighted by molar-refractivity contribution is -0.138. The van der Waals surface area contributed by atoms with Crippen LogP contribution in [0, 0.1) is 62.2 Å². The number of carbonyl (C=O) groups is 3. The highest BCUT2D eigenvalue weighted by atomic mass is 32.2. The molecule has 3 fully saturated rings. The van der Waals surface area contributed by atoms with E-state index in [9.17, 15) is 39.6 Å². The van der Waals surface area contributed by atoms with Gasteiger partial charge < -0.3 is 4.18 Å². The van der Waals surface area contributed by atoms with Gasteiger partial charge in [-0.1, -0.05) is 11.8 Å². The summed E-state index contributed by atoms with van der Waals surface area (Å²) in [7, 11) is -10.4. The van der Waals surface area contributed by atoms with Crippen LogP contribution in [0.15, 0.2) is 30.0 Å². The summed E-state index contributed by atoms with van der Waals surface area (Å²) in [6.45, 7) is 17.3. The Morgan fingerprint density at radius 2 is 1.00 bits per heavy atom. The second-order valence-corrected chi connectivity index (χ2v) is 24.0. The van der Waals surface area contributed by atoms with Gasteiger partial charge in [-0.3, -0.25) is 14.4 Å². The molecule has 12 nitrogen and oxygen atoms in total. The standard InChI is InChI=1S/C25H33NO6S2.C23H29NO4S/c1-6-9-20-14-18(4)23(19(5)15-20)24-21(27)16-25(17-22(24)32-34(30,31)8-3)10-12-26(13-11-25)33(28,29)7-2;1-5-7-18-12-16(3)21(17(4)13-18)22-19(25)14-23(15-20(22)26)8-10-24(11-9-23)29(27,28)6-2/h14-15H,7-8,10-13,16-17H2,1-5H3;12-13,22H,6,8-11,14-15H2,1-4H3. The quantitative estimate of drug-likeness (QED) is 0.151. The summed E-state index contributed by atoms with van der Waals surface area (Å²) < 4.78 is 82.3. The molecule has 2 aromatic carbocycles. The average molecular weight is 923 g/mol. The number of nitrogens with zero attached hydrogens (tertiary/aromatic N) is 2. The van der Waals surface area contributed by atoms with Crippen molar-refractivity contribution in [2.45, 2.75) is 120 Å². The van der Waals surface area contributed by atoms with Gasteiger partial charge in [0.25, 0.3) is 0 Å². The monoisotopic (exact) mass is 922 g/mol. The van der Waals surface area contributed by atoms with Crippen molar-refractivity contribution in [1.82, 2.24) is 8.61 Å². The van der Waals surface area contributed by atoms with Crippen molar-refractivity contribution in [3.8, 4) is 23.7 Å². The van der Waals surface area contributed by atoms with E-state index < -0.39 is 41.5 Å². The minimum absolute atomic E-state index is 0.0308.